The van der Waals surface area contributed by atoms with Gasteiger partial charge in [-0.3, -0.25) is 4.79 Å². The van der Waals surface area contributed by atoms with Crippen molar-refractivity contribution < 1.29 is 9.53 Å². The van der Waals surface area contributed by atoms with Crippen molar-refractivity contribution in [1.29, 1.82) is 0 Å². The summed E-state index contributed by atoms with van der Waals surface area (Å²) < 4.78 is 7.60. The van der Waals surface area contributed by atoms with Crippen molar-refractivity contribution in [3.05, 3.63) is 64.7 Å². The van der Waals surface area contributed by atoms with Crippen LogP contribution >= 0.6 is 11.6 Å². The third-order valence-corrected chi connectivity index (χ3v) is 5.42. The second kappa shape index (κ2) is 7.43. The molecular formula is C23H25ClN4O2. The second-order valence-electron chi connectivity index (χ2n) is 8.69. The molecule has 0 saturated heterocycles. The Morgan fingerprint density at radius 3 is 2.70 bits per heavy atom. The van der Waals surface area contributed by atoms with Gasteiger partial charge in [0.15, 0.2) is 11.6 Å². The molecule has 1 aliphatic heterocycles. The van der Waals surface area contributed by atoms with E-state index < -0.39 is 0 Å². The van der Waals surface area contributed by atoms with Crippen molar-refractivity contribution in [2.45, 2.75) is 46.1 Å². The minimum atomic E-state index is -0.158. The van der Waals surface area contributed by atoms with Crippen LogP contribution in [-0.2, 0) is 5.41 Å². The Kier molecular flexibility index (Phi) is 5.06. The fourth-order valence-corrected chi connectivity index (χ4v) is 3.69. The van der Waals surface area contributed by atoms with Gasteiger partial charge >= 0.3 is 0 Å². The summed E-state index contributed by atoms with van der Waals surface area (Å²) in [5.74, 6) is 1.21. The highest BCUT2D eigenvalue weighted by Gasteiger charge is 2.30. The SMILES string of the molecule is Cc1ccc(-n2cnc(C(C)(C)C)n2)cc1C(=O)N1C[C@H](C)Oc2c(Cl)cccc21. The lowest BCUT2D eigenvalue weighted by molar-refractivity contribution is 0.0960. The van der Waals surface area contributed by atoms with Gasteiger partial charge in [-0.15, -0.1) is 0 Å². The number of benzene rings is 2. The number of fused-ring (bicyclic) bond motifs is 1. The summed E-state index contributed by atoms with van der Waals surface area (Å²) in [7, 11) is 0. The second-order valence-corrected chi connectivity index (χ2v) is 9.10. The summed E-state index contributed by atoms with van der Waals surface area (Å²) in [6.45, 7) is 10.5. The van der Waals surface area contributed by atoms with Gasteiger partial charge in [0.05, 0.1) is 22.9 Å². The summed E-state index contributed by atoms with van der Waals surface area (Å²) in [5, 5.41) is 5.10. The van der Waals surface area contributed by atoms with Crippen LogP contribution in [0.1, 0.15) is 49.4 Å². The molecule has 1 amide bonds. The molecule has 1 aliphatic rings. The number of aryl methyl sites for hydroxylation is 1. The highest BCUT2D eigenvalue weighted by atomic mass is 35.5. The predicted molar refractivity (Wildman–Crippen MR) is 118 cm³/mol. The maximum Gasteiger partial charge on any atom is 0.258 e. The Labute approximate surface area is 181 Å². The van der Waals surface area contributed by atoms with Gasteiger partial charge in [0.25, 0.3) is 5.91 Å². The number of anilines is 1. The van der Waals surface area contributed by atoms with Gasteiger partial charge in [-0.2, -0.15) is 5.10 Å². The van der Waals surface area contributed by atoms with Gasteiger partial charge in [-0.25, -0.2) is 9.67 Å². The molecular weight excluding hydrogens is 400 g/mol. The summed E-state index contributed by atoms with van der Waals surface area (Å²) in [6, 6.07) is 11.2. The van der Waals surface area contributed by atoms with E-state index in [0.717, 1.165) is 17.1 Å². The van der Waals surface area contributed by atoms with E-state index in [9.17, 15) is 4.79 Å². The van der Waals surface area contributed by atoms with Gasteiger partial charge in [0.1, 0.15) is 12.4 Å². The van der Waals surface area contributed by atoms with Crippen LogP contribution in [0.25, 0.3) is 5.69 Å². The number of hydrogen-bond acceptors (Lipinski definition) is 4. The largest absolute Gasteiger partial charge is 0.485 e. The third-order valence-electron chi connectivity index (χ3n) is 5.12. The molecule has 156 valence electrons. The third kappa shape index (κ3) is 3.67. The summed E-state index contributed by atoms with van der Waals surface area (Å²) >= 11 is 6.32. The van der Waals surface area contributed by atoms with Gasteiger partial charge in [-0.05, 0) is 43.7 Å². The maximum absolute atomic E-state index is 13.6. The summed E-state index contributed by atoms with van der Waals surface area (Å²) in [4.78, 5) is 19.7. The first-order valence-electron chi connectivity index (χ1n) is 9.95. The lowest BCUT2D eigenvalue weighted by Gasteiger charge is -2.34. The molecule has 4 rings (SSSR count). The highest BCUT2D eigenvalue weighted by Crippen LogP contribution is 2.40. The molecule has 0 bridgehead atoms. The fourth-order valence-electron chi connectivity index (χ4n) is 3.47. The van der Waals surface area contributed by atoms with Crippen molar-refractivity contribution in [3.63, 3.8) is 0 Å². The molecule has 0 fully saturated rings. The van der Waals surface area contributed by atoms with Crippen molar-refractivity contribution in [2.75, 3.05) is 11.4 Å². The molecule has 0 spiro atoms. The van der Waals surface area contributed by atoms with E-state index in [4.69, 9.17) is 16.3 Å². The average Bonchev–Trinajstić information content (AvgIpc) is 3.19. The number of ether oxygens (including phenoxy) is 1. The monoisotopic (exact) mass is 424 g/mol. The standard InChI is InChI=1S/C23H25ClN4O2/c1-14-9-10-16(28-13-25-22(26-28)23(3,4)5)11-17(14)21(29)27-12-15(2)30-20-18(24)7-6-8-19(20)27/h6-11,13,15H,12H2,1-5H3/t15-/m0/s1. The number of rotatable bonds is 2. The van der Waals surface area contributed by atoms with Crippen molar-refractivity contribution in [3.8, 4) is 11.4 Å². The summed E-state index contributed by atoms with van der Waals surface area (Å²) in [6.07, 6.45) is 1.53. The van der Waals surface area contributed by atoms with E-state index in [1.54, 1.807) is 22.0 Å². The maximum atomic E-state index is 13.6. The van der Waals surface area contributed by atoms with E-state index in [-0.39, 0.29) is 17.4 Å². The van der Waals surface area contributed by atoms with Crippen LogP contribution in [0, 0.1) is 6.92 Å². The van der Waals surface area contributed by atoms with E-state index in [2.05, 4.69) is 30.9 Å². The topological polar surface area (TPSA) is 60.2 Å². The zero-order valence-corrected chi connectivity index (χ0v) is 18.6. The Bertz CT molecular complexity index is 1120. The fraction of sp³-hybridized carbons (Fsp3) is 0.348. The van der Waals surface area contributed by atoms with Crippen molar-refractivity contribution in [2.24, 2.45) is 0 Å². The lowest BCUT2D eigenvalue weighted by atomic mass is 9.96. The first-order valence-corrected chi connectivity index (χ1v) is 10.3. The smallest absolute Gasteiger partial charge is 0.258 e. The van der Waals surface area contributed by atoms with E-state index in [1.165, 1.54) is 0 Å². The minimum Gasteiger partial charge on any atom is -0.485 e. The Hall–Kier alpha value is -2.86. The highest BCUT2D eigenvalue weighted by molar-refractivity contribution is 6.32. The molecule has 0 aliphatic carbocycles. The molecule has 2 heterocycles. The number of para-hydroxylation sites is 1. The zero-order chi connectivity index (χ0) is 21.6. The molecule has 0 N–H and O–H groups in total. The Morgan fingerprint density at radius 2 is 2.00 bits per heavy atom. The Balaban J connectivity index is 1.73. The van der Waals surface area contributed by atoms with Crippen molar-refractivity contribution in [1.82, 2.24) is 14.8 Å². The van der Waals surface area contributed by atoms with E-state index in [1.807, 2.05) is 44.2 Å². The molecule has 0 radical (unpaired) electrons. The number of halogens is 1. The van der Waals surface area contributed by atoms with E-state index in [0.29, 0.717) is 28.6 Å². The van der Waals surface area contributed by atoms with Gasteiger partial charge in [-0.1, -0.05) is 44.5 Å². The summed E-state index contributed by atoms with van der Waals surface area (Å²) in [5.41, 5.74) is 2.83. The van der Waals surface area contributed by atoms with Crippen LogP contribution in [0.15, 0.2) is 42.7 Å². The molecule has 1 aromatic heterocycles. The van der Waals surface area contributed by atoms with Crippen LogP contribution in [0.5, 0.6) is 5.75 Å². The van der Waals surface area contributed by atoms with Crippen LogP contribution in [0.2, 0.25) is 5.02 Å². The van der Waals surface area contributed by atoms with Crippen LogP contribution in [0.3, 0.4) is 0 Å². The molecule has 0 unspecified atom stereocenters. The minimum absolute atomic E-state index is 0.0934. The predicted octanol–water partition coefficient (Wildman–Crippen LogP) is 4.95. The van der Waals surface area contributed by atoms with Crippen LogP contribution in [-0.4, -0.2) is 33.3 Å². The molecule has 0 saturated carbocycles. The normalized spacial score (nSPS) is 16.2. The van der Waals surface area contributed by atoms with Crippen LogP contribution in [0.4, 0.5) is 5.69 Å². The molecule has 7 heteroatoms. The van der Waals surface area contributed by atoms with Gasteiger partial charge in [0.2, 0.25) is 0 Å². The molecule has 3 aromatic rings. The van der Waals surface area contributed by atoms with E-state index >= 15 is 0 Å². The van der Waals surface area contributed by atoms with Gasteiger partial charge < -0.3 is 9.64 Å². The number of aromatic nitrogens is 3. The zero-order valence-electron chi connectivity index (χ0n) is 17.8. The molecule has 30 heavy (non-hydrogen) atoms. The molecule has 6 nitrogen and oxygen atoms in total. The average molecular weight is 425 g/mol. The first kappa shape index (κ1) is 20.4. The number of amides is 1. The number of carbonyl (C=O) groups is 1. The van der Waals surface area contributed by atoms with Gasteiger partial charge in [0, 0.05) is 11.0 Å². The molecule has 2 aromatic carbocycles. The van der Waals surface area contributed by atoms with Crippen molar-refractivity contribution >= 4 is 23.2 Å². The number of hydrogen-bond donors (Lipinski definition) is 0. The number of nitrogens with zero attached hydrogens (tertiary/aromatic N) is 4. The number of carbonyl (C=O) groups excluding carboxylic acids is 1. The lowest BCUT2D eigenvalue weighted by Crippen LogP contribution is -2.42. The Morgan fingerprint density at radius 1 is 1.23 bits per heavy atom. The van der Waals surface area contributed by atoms with Crippen LogP contribution < -0.4 is 9.64 Å². The quantitative estimate of drug-likeness (QED) is 0.583. The first-order chi connectivity index (χ1) is 14.1. The molecule has 1 atom stereocenters.